The number of amides is 1. The number of carbonyl (C=O) groups is 1. The van der Waals surface area contributed by atoms with Crippen LogP contribution in [0.25, 0.3) is 0 Å². The Balaban J connectivity index is 2.30. The van der Waals surface area contributed by atoms with Gasteiger partial charge in [-0.1, -0.05) is 11.6 Å². The van der Waals surface area contributed by atoms with Gasteiger partial charge >= 0.3 is 0 Å². The molecule has 0 unspecified atom stereocenters. The molecule has 0 aliphatic rings. The lowest BCUT2D eigenvalue weighted by atomic mass is 10.2. The highest BCUT2D eigenvalue weighted by atomic mass is 35.5. The number of hydrogen-bond donors (Lipinski definition) is 1. The molecule has 0 saturated heterocycles. The topological polar surface area (TPSA) is 60.5 Å². The van der Waals surface area contributed by atoms with E-state index in [0.29, 0.717) is 27.1 Å². The van der Waals surface area contributed by atoms with E-state index in [9.17, 15) is 4.79 Å². The monoisotopic (exact) mass is 312 g/mol. The van der Waals surface area contributed by atoms with Gasteiger partial charge < -0.3 is 14.8 Å². The molecule has 20 heavy (non-hydrogen) atoms. The van der Waals surface area contributed by atoms with Gasteiger partial charge in [0.1, 0.15) is 16.4 Å². The number of nitrogens with one attached hydrogen (secondary N) is 1. The number of aryl methyl sites for hydroxylation is 1. The van der Waals surface area contributed by atoms with Crippen molar-refractivity contribution in [3.8, 4) is 11.5 Å². The summed E-state index contributed by atoms with van der Waals surface area (Å²) < 4.78 is 10.3. The number of rotatable bonds is 4. The van der Waals surface area contributed by atoms with Gasteiger partial charge in [-0.2, -0.15) is 0 Å². The summed E-state index contributed by atoms with van der Waals surface area (Å²) in [5, 5.41) is 4.00. The molecule has 1 aromatic carbocycles. The van der Waals surface area contributed by atoms with E-state index in [1.165, 1.54) is 31.8 Å². The zero-order valence-corrected chi connectivity index (χ0v) is 12.8. The van der Waals surface area contributed by atoms with Gasteiger partial charge in [-0.05, 0) is 6.92 Å². The molecule has 2 rings (SSSR count). The van der Waals surface area contributed by atoms with Gasteiger partial charge in [0.25, 0.3) is 5.91 Å². The lowest BCUT2D eigenvalue weighted by molar-refractivity contribution is 0.103. The molecule has 0 bridgehead atoms. The summed E-state index contributed by atoms with van der Waals surface area (Å²) in [5.74, 6) is 0.673. The summed E-state index contributed by atoms with van der Waals surface area (Å²) in [6.07, 6.45) is 1.54. The molecule has 106 valence electrons. The molecule has 0 radical (unpaired) electrons. The van der Waals surface area contributed by atoms with Crippen molar-refractivity contribution in [2.24, 2.45) is 0 Å². The molecule has 0 saturated carbocycles. The Morgan fingerprint density at radius 1 is 1.30 bits per heavy atom. The van der Waals surface area contributed by atoms with E-state index in [4.69, 9.17) is 21.1 Å². The van der Waals surface area contributed by atoms with Crippen LogP contribution < -0.4 is 14.8 Å². The zero-order chi connectivity index (χ0) is 14.7. The Bertz CT molecular complexity index is 643. The summed E-state index contributed by atoms with van der Waals surface area (Å²) in [5.41, 5.74) is 0.491. The van der Waals surface area contributed by atoms with Gasteiger partial charge in [0.05, 0.1) is 36.1 Å². The normalized spacial score (nSPS) is 10.2. The number of benzene rings is 1. The molecule has 5 nitrogen and oxygen atoms in total. The Morgan fingerprint density at radius 3 is 2.55 bits per heavy atom. The third kappa shape index (κ3) is 3.02. The second kappa shape index (κ2) is 6.11. The zero-order valence-electron chi connectivity index (χ0n) is 11.2. The first-order valence-corrected chi connectivity index (χ1v) is 6.90. The second-order valence-corrected chi connectivity index (χ2v) is 5.53. The van der Waals surface area contributed by atoms with Crippen LogP contribution >= 0.6 is 22.9 Å². The van der Waals surface area contributed by atoms with Crippen molar-refractivity contribution in [2.75, 3.05) is 19.5 Å². The predicted octanol–water partition coefficient (Wildman–Crippen LogP) is 3.37. The first-order chi connectivity index (χ1) is 9.55. The number of aromatic nitrogens is 1. The molecule has 1 heterocycles. The maximum absolute atomic E-state index is 12.1. The van der Waals surface area contributed by atoms with Crippen LogP contribution in [0.15, 0.2) is 18.3 Å². The molecular formula is C13H13ClN2O3S. The lowest BCUT2D eigenvalue weighted by Gasteiger charge is -2.12. The summed E-state index contributed by atoms with van der Waals surface area (Å²) in [7, 11) is 3.01. The Morgan fingerprint density at radius 2 is 2.00 bits per heavy atom. The molecule has 0 aliphatic carbocycles. The highest BCUT2D eigenvalue weighted by Gasteiger charge is 2.15. The smallest absolute Gasteiger partial charge is 0.267 e. The molecule has 1 aromatic heterocycles. The molecule has 1 N–H and O–H groups in total. The van der Waals surface area contributed by atoms with Crippen molar-refractivity contribution in [3.63, 3.8) is 0 Å². The van der Waals surface area contributed by atoms with Gasteiger partial charge in [0, 0.05) is 12.1 Å². The number of carbonyl (C=O) groups excluding carboxylic acids is 1. The van der Waals surface area contributed by atoms with Crippen molar-refractivity contribution >= 4 is 34.5 Å². The van der Waals surface area contributed by atoms with Gasteiger partial charge in [-0.25, -0.2) is 4.98 Å². The molecule has 0 spiro atoms. The highest BCUT2D eigenvalue weighted by molar-refractivity contribution is 7.13. The fourth-order valence-corrected chi connectivity index (χ4v) is 2.51. The van der Waals surface area contributed by atoms with Crippen LogP contribution in [0.5, 0.6) is 11.5 Å². The standard InChI is InChI=1S/C13H13ClN2O3S/c1-7-15-6-12(20-7)13(17)16-9-5-10(18-2)8(14)4-11(9)19-3/h4-6H,1-3H3,(H,16,17). The largest absolute Gasteiger partial charge is 0.495 e. The van der Waals surface area contributed by atoms with E-state index in [1.807, 2.05) is 6.92 Å². The van der Waals surface area contributed by atoms with Crippen LogP contribution in [-0.4, -0.2) is 25.1 Å². The van der Waals surface area contributed by atoms with Crippen LogP contribution in [-0.2, 0) is 0 Å². The molecule has 0 atom stereocenters. The maximum Gasteiger partial charge on any atom is 0.267 e. The second-order valence-electron chi connectivity index (χ2n) is 3.88. The fraction of sp³-hybridized carbons (Fsp3) is 0.231. The molecule has 0 aliphatic heterocycles. The van der Waals surface area contributed by atoms with E-state index in [-0.39, 0.29) is 5.91 Å². The number of anilines is 1. The minimum atomic E-state index is -0.252. The van der Waals surface area contributed by atoms with Crippen LogP contribution in [0.3, 0.4) is 0 Å². The van der Waals surface area contributed by atoms with E-state index in [0.717, 1.165) is 5.01 Å². The van der Waals surface area contributed by atoms with Gasteiger partial charge in [-0.15, -0.1) is 11.3 Å². The number of halogens is 1. The molecular weight excluding hydrogens is 300 g/mol. The predicted molar refractivity (Wildman–Crippen MR) is 79.4 cm³/mol. The minimum Gasteiger partial charge on any atom is -0.495 e. The first-order valence-electron chi connectivity index (χ1n) is 5.70. The third-order valence-corrected chi connectivity index (χ3v) is 3.77. The van der Waals surface area contributed by atoms with Gasteiger partial charge in [0.2, 0.25) is 0 Å². The molecule has 1 amide bonds. The Kier molecular flexibility index (Phi) is 4.46. The first kappa shape index (κ1) is 14.6. The quantitative estimate of drug-likeness (QED) is 0.940. The highest BCUT2D eigenvalue weighted by Crippen LogP contribution is 2.36. The van der Waals surface area contributed by atoms with Crippen LogP contribution in [0.1, 0.15) is 14.7 Å². The Hall–Kier alpha value is -1.79. The van der Waals surface area contributed by atoms with Crippen molar-refractivity contribution in [1.82, 2.24) is 4.98 Å². The molecule has 2 aromatic rings. The minimum absolute atomic E-state index is 0.252. The van der Waals surface area contributed by atoms with Crippen molar-refractivity contribution in [2.45, 2.75) is 6.92 Å². The third-order valence-electron chi connectivity index (χ3n) is 2.57. The van der Waals surface area contributed by atoms with E-state index in [2.05, 4.69) is 10.3 Å². The van der Waals surface area contributed by atoms with Crippen molar-refractivity contribution in [3.05, 3.63) is 33.2 Å². The number of methoxy groups -OCH3 is 2. The number of ether oxygens (including phenoxy) is 2. The van der Waals surface area contributed by atoms with Crippen LogP contribution in [0.2, 0.25) is 5.02 Å². The summed E-state index contributed by atoms with van der Waals surface area (Å²) in [4.78, 5) is 16.7. The maximum atomic E-state index is 12.1. The number of nitrogens with zero attached hydrogens (tertiary/aromatic N) is 1. The van der Waals surface area contributed by atoms with Crippen LogP contribution in [0, 0.1) is 6.92 Å². The average molecular weight is 313 g/mol. The summed E-state index contributed by atoms with van der Waals surface area (Å²) in [6.45, 7) is 1.84. The number of hydrogen-bond acceptors (Lipinski definition) is 5. The fourth-order valence-electron chi connectivity index (χ4n) is 1.61. The molecule has 7 heteroatoms. The summed E-state index contributed by atoms with van der Waals surface area (Å²) in [6, 6.07) is 3.21. The van der Waals surface area contributed by atoms with Gasteiger partial charge in [0.15, 0.2) is 0 Å². The Labute approximate surface area is 125 Å². The summed E-state index contributed by atoms with van der Waals surface area (Å²) >= 11 is 7.33. The van der Waals surface area contributed by atoms with Crippen molar-refractivity contribution in [1.29, 1.82) is 0 Å². The molecule has 0 fully saturated rings. The van der Waals surface area contributed by atoms with E-state index >= 15 is 0 Å². The lowest BCUT2D eigenvalue weighted by Crippen LogP contribution is -2.11. The number of thiazole rings is 1. The SMILES string of the molecule is COc1cc(NC(=O)c2cnc(C)s2)c(OC)cc1Cl. The van der Waals surface area contributed by atoms with Crippen molar-refractivity contribution < 1.29 is 14.3 Å². The van der Waals surface area contributed by atoms with E-state index in [1.54, 1.807) is 12.1 Å². The average Bonchev–Trinajstić information content (AvgIpc) is 2.87. The van der Waals surface area contributed by atoms with Gasteiger partial charge in [-0.3, -0.25) is 4.79 Å². The van der Waals surface area contributed by atoms with Crippen LogP contribution in [0.4, 0.5) is 5.69 Å². The van der Waals surface area contributed by atoms with E-state index < -0.39 is 0 Å².